The molecule has 1 heterocycles. The van der Waals surface area contributed by atoms with Crippen molar-refractivity contribution in [1.82, 2.24) is 15.2 Å². The van der Waals surface area contributed by atoms with Crippen LogP contribution in [0, 0.1) is 17.0 Å². The van der Waals surface area contributed by atoms with Crippen LogP contribution in [0.3, 0.4) is 0 Å². The van der Waals surface area contributed by atoms with Gasteiger partial charge in [-0.05, 0) is 49.2 Å². The van der Waals surface area contributed by atoms with Gasteiger partial charge < -0.3 is 4.74 Å². The van der Waals surface area contributed by atoms with Gasteiger partial charge in [0.1, 0.15) is 31.3 Å². The van der Waals surface area contributed by atoms with Gasteiger partial charge in [0.25, 0.3) is 5.91 Å². The maximum Gasteiger partial charge on any atom is 0.307 e. The Labute approximate surface area is 173 Å². The molecule has 1 amide bonds. The van der Waals surface area contributed by atoms with Crippen molar-refractivity contribution in [2.45, 2.75) is 27.0 Å². The first-order chi connectivity index (χ1) is 14.4. The van der Waals surface area contributed by atoms with E-state index in [9.17, 15) is 14.9 Å². The minimum absolute atomic E-state index is 0.170. The molecule has 0 aliphatic heterocycles. The van der Waals surface area contributed by atoms with Crippen molar-refractivity contribution < 1.29 is 14.5 Å². The molecule has 0 saturated carbocycles. The molecule has 0 spiro atoms. The summed E-state index contributed by atoms with van der Waals surface area (Å²) in [6.45, 7) is 4.12. The van der Waals surface area contributed by atoms with Crippen molar-refractivity contribution in [2.24, 2.45) is 5.10 Å². The number of hydrogen-bond donors (Lipinski definition) is 1. The topological polar surface area (TPSA) is 112 Å². The second kappa shape index (κ2) is 9.46. The number of hydrogen-bond acceptors (Lipinski definition) is 6. The van der Waals surface area contributed by atoms with Crippen LogP contribution in [0.1, 0.15) is 23.6 Å². The zero-order chi connectivity index (χ0) is 21.5. The van der Waals surface area contributed by atoms with Gasteiger partial charge in [-0.3, -0.25) is 19.6 Å². The number of carbonyl (C=O) groups is 1. The van der Waals surface area contributed by atoms with Crippen LogP contribution in [0.2, 0.25) is 0 Å². The van der Waals surface area contributed by atoms with Crippen LogP contribution < -0.4 is 10.2 Å². The maximum absolute atomic E-state index is 12.0. The highest BCUT2D eigenvalue weighted by molar-refractivity contribution is 5.99. The second-order valence-electron chi connectivity index (χ2n) is 6.68. The molecule has 0 saturated heterocycles. The predicted molar refractivity (Wildman–Crippen MR) is 111 cm³/mol. The highest BCUT2D eigenvalue weighted by atomic mass is 16.6. The number of hydrazone groups is 1. The van der Waals surface area contributed by atoms with E-state index in [0.717, 1.165) is 23.1 Å². The summed E-state index contributed by atoms with van der Waals surface area (Å²) >= 11 is 0. The van der Waals surface area contributed by atoms with Crippen molar-refractivity contribution in [3.63, 3.8) is 0 Å². The molecule has 2 aromatic carbocycles. The standard InChI is InChI=1S/C21H21N5O4/c1-15-3-5-17(6-4-15)14-30-20-9-7-18(8-10-20)16(2)23-24-21(27)13-25-12-19(11-22-25)26(28)29/h3-12H,13-14H2,1-2H3,(H,24,27)/b23-16+. The Kier molecular flexibility index (Phi) is 6.53. The van der Waals surface area contributed by atoms with Gasteiger partial charge in [-0.15, -0.1) is 0 Å². The molecule has 0 aliphatic rings. The Morgan fingerprint density at radius 2 is 1.90 bits per heavy atom. The summed E-state index contributed by atoms with van der Waals surface area (Å²) in [5.41, 5.74) is 5.98. The zero-order valence-corrected chi connectivity index (χ0v) is 16.6. The smallest absolute Gasteiger partial charge is 0.307 e. The summed E-state index contributed by atoms with van der Waals surface area (Å²) in [5, 5.41) is 18.5. The molecule has 0 radical (unpaired) electrons. The van der Waals surface area contributed by atoms with E-state index in [0.29, 0.717) is 12.3 Å². The molecule has 0 unspecified atom stereocenters. The highest BCUT2D eigenvalue weighted by Crippen LogP contribution is 2.15. The van der Waals surface area contributed by atoms with E-state index in [-0.39, 0.29) is 12.2 Å². The number of nitrogens with one attached hydrogen (secondary N) is 1. The Balaban J connectivity index is 1.51. The fourth-order valence-corrected chi connectivity index (χ4v) is 2.57. The third kappa shape index (κ3) is 5.74. The number of amides is 1. The second-order valence-corrected chi connectivity index (χ2v) is 6.68. The molecular weight excluding hydrogens is 386 g/mol. The lowest BCUT2D eigenvalue weighted by molar-refractivity contribution is -0.385. The van der Waals surface area contributed by atoms with Crippen molar-refractivity contribution in [1.29, 1.82) is 0 Å². The lowest BCUT2D eigenvalue weighted by Crippen LogP contribution is -2.24. The summed E-state index contributed by atoms with van der Waals surface area (Å²) < 4.78 is 6.96. The van der Waals surface area contributed by atoms with E-state index in [4.69, 9.17) is 4.74 Å². The molecule has 1 N–H and O–H groups in total. The summed E-state index contributed by atoms with van der Waals surface area (Å²) in [4.78, 5) is 22.0. The van der Waals surface area contributed by atoms with E-state index in [1.54, 1.807) is 6.92 Å². The number of aryl methyl sites for hydroxylation is 1. The van der Waals surface area contributed by atoms with Crippen LogP contribution in [-0.2, 0) is 17.9 Å². The molecule has 9 nitrogen and oxygen atoms in total. The van der Waals surface area contributed by atoms with Gasteiger partial charge in [-0.25, -0.2) is 5.43 Å². The van der Waals surface area contributed by atoms with Gasteiger partial charge in [0.2, 0.25) is 0 Å². The van der Waals surface area contributed by atoms with Gasteiger partial charge in [0.05, 0.1) is 10.6 Å². The zero-order valence-electron chi connectivity index (χ0n) is 16.6. The Morgan fingerprint density at radius 1 is 1.20 bits per heavy atom. The largest absolute Gasteiger partial charge is 0.489 e. The first-order valence-electron chi connectivity index (χ1n) is 9.19. The number of aromatic nitrogens is 2. The molecule has 0 fully saturated rings. The molecule has 9 heteroatoms. The van der Waals surface area contributed by atoms with Crippen LogP contribution >= 0.6 is 0 Å². The molecule has 0 atom stereocenters. The quantitative estimate of drug-likeness (QED) is 0.350. The van der Waals surface area contributed by atoms with E-state index in [1.165, 1.54) is 16.4 Å². The normalized spacial score (nSPS) is 11.2. The molecule has 3 aromatic rings. The molecule has 0 bridgehead atoms. The molecule has 154 valence electrons. The van der Waals surface area contributed by atoms with E-state index in [2.05, 4.69) is 15.6 Å². The summed E-state index contributed by atoms with van der Waals surface area (Å²) in [6.07, 6.45) is 2.27. The van der Waals surface area contributed by atoms with Crippen molar-refractivity contribution in [3.8, 4) is 5.75 Å². The molecular formula is C21H21N5O4. The molecule has 0 aliphatic carbocycles. The van der Waals surface area contributed by atoms with Crippen LogP contribution in [0.4, 0.5) is 5.69 Å². The summed E-state index contributed by atoms with van der Waals surface area (Å²) in [6, 6.07) is 15.5. The fraction of sp³-hybridized carbons (Fsp3) is 0.190. The van der Waals surface area contributed by atoms with Crippen LogP contribution in [0.5, 0.6) is 5.75 Å². The maximum atomic E-state index is 12.0. The highest BCUT2D eigenvalue weighted by Gasteiger charge is 2.11. The van der Waals surface area contributed by atoms with Gasteiger partial charge >= 0.3 is 5.69 Å². The Morgan fingerprint density at radius 3 is 2.53 bits per heavy atom. The third-order valence-corrected chi connectivity index (χ3v) is 4.28. The summed E-state index contributed by atoms with van der Waals surface area (Å²) in [5.74, 6) is 0.293. The minimum atomic E-state index is -0.572. The lowest BCUT2D eigenvalue weighted by Gasteiger charge is -2.08. The molecule has 30 heavy (non-hydrogen) atoms. The van der Waals surface area contributed by atoms with Crippen LogP contribution in [0.25, 0.3) is 0 Å². The van der Waals surface area contributed by atoms with Crippen LogP contribution in [-0.4, -0.2) is 26.3 Å². The Bertz CT molecular complexity index is 1060. The number of benzene rings is 2. The number of carbonyl (C=O) groups excluding carboxylic acids is 1. The average Bonchev–Trinajstić information content (AvgIpc) is 3.21. The lowest BCUT2D eigenvalue weighted by atomic mass is 10.1. The minimum Gasteiger partial charge on any atom is -0.489 e. The fourth-order valence-electron chi connectivity index (χ4n) is 2.57. The van der Waals surface area contributed by atoms with Gasteiger partial charge in [-0.2, -0.15) is 10.2 Å². The first kappa shape index (κ1) is 20.7. The number of rotatable bonds is 8. The first-order valence-corrected chi connectivity index (χ1v) is 9.19. The van der Waals surface area contributed by atoms with Gasteiger partial charge in [-0.1, -0.05) is 29.8 Å². The monoisotopic (exact) mass is 407 g/mol. The number of ether oxygens (including phenoxy) is 1. The van der Waals surface area contributed by atoms with Crippen molar-refractivity contribution in [3.05, 3.63) is 87.7 Å². The van der Waals surface area contributed by atoms with Crippen molar-refractivity contribution >= 4 is 17.3 Å². The van der Waals surface area contributed by atoms with E-state index >= 15 is 0 Å². The Hall–Kier alpha value is -4.01. The van der Waals surface area contributed by atoms with Crippen LogP contribution in [0.15, 0.2) is 66.0 Å². The SMILES string of the molecule is C/C(=N\NC(=O)Cn1cc([N+](=O)[O-])cn1)c1ccc(OCc2ccc(C)cc2)cc1. The van der Waals surface area contributed by atoms with Gasteiger partial charge in [0, 0.05) is 0 Å². The molecule has 1 aromatic heterocycles. The predicted octanol–water partition coefficient (Wildman–Crippen LogP) is 3.22. The number of nitro groups is 1. The van der Waals surface area contributed by atoms with Crippen molar-refractivity contribution in [2.75, 3.05) is 0 Å². The third-order valence-electron chi connectivity index (χ3n) is 4.28. The van der Waals surface area contributed by atoms with E-state index in [1.807, 2.05) is 55.5 Å². The average molecular weight is 407 g/mol. The van der Waals surface area contributed by atoms with E-state index < -0.39 is 10.8 Å². The summed E-state index contributed by atoms with van der Waals surface area (Å²) in [7, 11) is 0. The van der Waals surface area contributed by atoms with Gasteiger partial charge in [0.15, 0.2) is 0 Å². The molecule has 3 rings (SSSR count). The number of nitrogens with zero attached hydrogens (tertiary/aromatic N) is 4.